The molecule has 0 spiro atoms. The number of hydrogen-bond acceptors (Lipinski definition) is 5. The minimum Gasteiger partial charge on any atom is -0.438 e. The molecule has 0 saturated carbocycles. The highest BCUT2D eigenvalue weighted by Gasteiger charge is 2.39. The lowest BCUT2D eigenvalue weighted by molar-refractivity contribution is -0.154. The summed E-state index contributed by atoms with van der Waals surface area (Å²) in [4.78, 5) is 11.6. The lowest BCUT2D eigenvalue weighted by Crippen LogP contribution is -2.45. The zero-order valence-corrected chi connectivity index (χ0v) is 15.7. The first-order valence-corrected chi connectivity index (χ1v) is 9.64. The number of halogens is 1. The van der Waals surface area contributed by atoms with E-state index < -0.39 is 13.1 Å². The van der Waals surface area contributed by atoms with Gasteiger partial charge in [-0.3, -0.25) is 4.79 Å². The number of unbranched alkanes of at least 4 members (excludes halogenated alkanes) is 3. The van der Waals surface area contributed by atoms with Crippen molar-refractivity contribution in [2.45, 2.75) is 56.8 Å². The summed E-state index contributed by atoms with van der Waals surface area (Å²) in [6, 6.07) is 0.731. The Morgan fingerprint density at radius 1 is 1.15 bits per heavy atom. The van der Waals surface area contributed by atoms with Gasteiger partial charge < -0.3 is 18.0 Å². The zero-order chi connectivity index (χ0) is 15.6. The summed E-state index contributed by atoms with van der Waals surface area (Å²) < 4.78 is 20.8. The second-order valence-corrected chi connectivity index (χ2v) is 10.0. The molecule has 0 aliphatic carbocycles. The van der Waals surface area contributed by atoms with Crippen LogP contribution in [0, 0.1) is 0 Å². The van der Waals surface area contributed by atoms with Crippen LogP contribution in [0.5, 0.6) is 0 Å². The van der Waals surface area contributed by atoms with Crippen molar-refractivity contribution >= 4 is 30.7 Å². The molecule has 0 fully saturated rings. The van der Waals surface area contributed by atoms with Gasteiger partial charge in [-0.15, -0.1) is 0 Å². The van der Waals surface area contributed by atoms with Gasteiger partial charge in [0.05, 0.1) is 0 Å². The third-order valence-corrected chi connectivity index (χ3v) is 6.00. The fraction of sp³-hybridized carbons (Fsp3) is 0.923. The second-order valence-electron chi connectivity index (χ2n) is 5.07. The molecular weight excluding hydrogens is 344 g/mol. The van der Waals surface area contributed by atoms with Crippen LogP contribution in [0.25, 0.3) is 0 Å². The zero-order valence-electron chi connectivity index (χ0n) is 13.2. The van der Waals surface area contributed by atoms with Crippen LogP contribution in [0.15, 0.2) is 0 Å². The maximum atomic E-state index is 11.6. The van der Waals surface area contributed by atoms with Crippen LogP contribution in [-0.4, -0.2) is 40.1 Å². The quantitative estimate of drug-likeness (QED) is 0.183. The van der Waals surface area contributed by atoms with Gasteiger partial charge >= 0.3 is 14.8 Å². The summed E-state index contributed by atoms with van der Waals surface area (Å²) in [7, 11) is 0.438. The van der Waals surface area contributed by atoms with Crippen LogP contribution in [0.4, 0.5) is 0 Å². The Labute approximate surface area is 131 Å². The highest BCUT2D eigenvalue weighted by atomic mass is 79.9. The van der Waals surface area contributed by atoms with Crippen LogP contribution >= 0.6 is 15.9 Å². The van der Waals surface area contributed by atoms with E-state index in [2.05, 4.69) is 22.9 Å². The number of rotatable bonds is 11. The van der Waals surface area contributed by atoms with Crippen molar-refractivity contribution in [2.75, 3.05) is 21.0 Å². The van der Waals surface area contributed by atoms with Gasteiger partial charge in [0.15, 0.2) is 6.79 Å². The van der Waals surface area contributed by atoms with Gasteiger partial charge in [0.1, 0.15) is 4.32 Å². The van der Waals surface area contributed by atoms with Crippen molar-refractivity contribution < 1.29 is 22.8 Å². The summed E-state index contributed by atoms with van der Waals surface area (Å²) in [5.74, 6) is -0.376. The molecule has 0 N–H and O–H groups in total. The van der Waals surface area contributed by atoms with Gasteiger partial charge in [0.2, 0.25) is 0 Å². The van der Waals surface area contributed by atoms with Gasteiger partial charge in [-0.2, -0.15) is 0 Å². The molecule has 0 bridgehead atoms. The maximum Gasteiger partial charge on any atom is 0.502 e. The monoisotopic (exact) mass is 370 g/mol. The smallest absolute Gasteiger partial charge is 0.438 e. The molecule has 0 aromatic heterocycles. The summed E-state index contributed by atoms with van der Waals surface area (Å²) >= 11 is 3.24. The number of alkyl halides is 1. The molecule has 7 heteroatoms. The fourth-order valence-corrected chi connectivity index (χ4v) is 3.58. The minimum atomic E-state index is -2.71. The van der Waals surface area contributed by atoms with Crippen molar-refractivity contribution in [3.63, 3.8) is 0 Å². The van der Waals surface area contributed by atoms with Gasteiger partial charge in [0, 0.05) is 20.3 Å². The van der Waals surface area contributed by atoms with E-state index in [1.165, 1.54) is 12.8 Å². The van der Waals surface area contributed by atoms with Crippen molar-refractivity contribution in [1.29, 1.82) is 0 Å². The van der Waals surface area contributed by atoms with E-state index in [0.717, 1.165) is 18.9 Å². The second kappa shape index (κ2) is 9.89. The van der Waals surface area contributed by atoms with E-state index in [0.29, 0.717) is 0 Å². The molecule has 0 heterocycles. The van der Waals surface area contributed by atoms with Crippen LogP contribution in [-0.2, 0) is 22.8 Å². The molecule has 0 unspecified atom stereocenters. The molecule has 0 rings (SSSR count). The van der Waals surface area contributed by atoms with Crippen LogP contribution in [0.1, 0.15) is 46.5 Å². The normalized spacial score (nSPS) is 12.5. The predicted octanol–water partition coefficient (Wildman–Crippen LogP) is 3.49. The highest BCUT2D eigenvalue weighted by molar-refractivity contribution is 9.10. The van der Waals surface area contributed by atoms with Crippen molar-refractivity contribution in [1.82, 2.24) is 0 Å². The summed E-state index contributed by atoms with van der Waals surface area (Å²) in [6.45, 7) is 5.46. The number of hydrogen-bond donors (Lipinski definition) is 0. The van der Waals surface area contributed by atoms with Crippen LogP contribution < -0.4 is 0 Å². The summed E-state index contributed by atoms with van der Waals surface area (Å²) in [5, 5.41) is 0. The Hall–Kier alpha value is 0.0469. The first kappa shape index (κ1) is 20.0. The first-order chi connectivity index (χ1) is 9.31. The Morgan fingerprint density at radius 2 is 1.75 bits per heavy atom. The fourth-order valence-electron chi connectivity index (χ4n) is 1.59. The van der Waals surface area contributed by atoms with E-state index in [1.54, 1.807) is 28.1 Å². The van der Waals surface area contributed by atoms with E-state index in [9.17, 15) is 4.79 Å². The molecule has 20 heavy (non-hydrogen) atoms. The molecule has 120 valence electrons. The molecule has 0 amide bonds. The number of carbonyl (C=O) groups is 1. The molecule has 0 aliphatic heterocycles. The van der Waals surface area contributed by atoms with Gasteiger partial charge in [-0.05, 0) is 20.3 Å². The van der Waals surface area contributed by atoms with Gasteiger partial charge in [0.25, 0.3) is 0 Å². The lowest BCUT2D eigenvalue weighted by Gasteiger charge is -2.26. The molecule has 5 nitrogen and oxygen atoms in total. The maximum absolute atomic E-state index is 11.6. The molecule has 0 radical (unpaired) electrons. The number of ether oxygens (including phenoxy) is 1. The van der Waals surface area contributed by atoms with Crippen molar-refractivity contribution in [2.24, 2.45) is 0 Å². The molecule has 0 aromatic carbocycles. The third kappa shape index (κ3) is 7.73. The molecule has 0 saturated heterocycles. The standard InChI is InChI=1S/C13H27BrO5Si/c1-6-7-8-9-10-20(16-4,17-5)19-11-18-12(15)13(2,3)14/h6-11H2,1-5H3. The Morgan fingerprint density at radius 3 is 2.20 bits per heavy atom. The Balaban J connectivity index is 4.22. The van der Waals surface area contributed by atoms with Gasteiger partial charge in [-0.1, -0.05) is 42.1 Å². The van der Waals surface area contributed by atoms with E-state index in [1.807, 2.05) is 0 Å². The SMILES string of the molecule is CCCCCC[Si](OC)(OC)OCOC(=O)C(C)(C)Br. The lowest BCUT2D eigenvalue weighted by atomic mass is 10.2. The Bertz CT molecular complexity index is 276. The summed E-state index contributed by atoms with van der Waals surface area (Å²) in [6.07, 6.45) is 4.47. The van der Waals surface area contributed by atoms with Crippen LogP contribution in [0.2, 0.25) is 6.04 Å². The minimum absolute atomic E-state index is 0.143. The van der Waals surface area contributed by atoms with E-state index in [-0.39, 0.29) is 12.8 Å². The van der Waals surface area contributed by atoms with E-state index in [4.69, 9.17) is 18.0 Å². The molecule has 0 atom stereocenters. The summed E-state index contributed by atoms with van der Waals surface area (Å²) in [5.41, 5.74) is 0. The van der Waals surface area contributed by atoms with E-state index >= 15 is 0 Å². The molecule has 0 aliphatic rings. The molecular formula is C13H27BrO5Si. The average Bonchev–Trinajstić information content (AvgIpc) is 2.40. The van der Waals surface area contributed by atoms with Crippen molar-refractivity contribution in [3.8, 4) is 0 Å². The predicted molar refractivity (Wildman–Crippen MR) is 83.8 cm³/mol. The van der Waals surface area contributed by atoms with Crippen molar-refractivity contribution in [3.05, 3.63) is 0 Å². The van der Waals surface area contributed by atoms with Crippen LogP contribution in [0.3, 0.4) is 0 Å². The van der Waals surface area contributed by atoms with Gasteiger partial charge in [-0.25, -0.2) is 0 Å². The first-order valence-electron chi connectivity index (χ1n) is 6.91. The third-order valence-electron chi connectivity index (χ3n) is 2.91. The largest absolute Gasteiger partial charge is 0.502 e. The Kier molecular flexibility index (Phi) is 9.91. The topological polar surface area (TPSA) is 54.0 Å². The molecule has 0 aromatic rings. The average molecular weight is 371 g/mol. The highest BCUT2D eigenvalue weighted by Crippen LogP contribution is 2.20. The number of carbonyl (C=O) groups excluding carboxylic acids is 1. The number of esters is 1.